The van der Waals surface area contributed by atoms with Crippen LogP contribution in [0.5, 0.6) is 5.75 Å². The fourth-order valence-electron chi connectivity index (χ4n) is 1.76. The molecule has 8 heteroatoms. The number of aliphatic hydroxyl groups is 1. The van der Waals surface area contributed by atoms with Gasteiger partial charge < -0.3 is 20.9 Å². The van der Waals surface area contributed by atoms with E-state index in [0.29, 0.717) is 30.1 Å². The maximum absolute atomic E-state index is 11.8. The van der Waals surface area contributed by atoms with Crippen molar-refractivity contribution in [1.29, 1.82) is 0 Å². The van der Waals surface area contributed by atoms with Gasteiger partial charge in [-0.25, -0.2) is 0 Å². The molecule has 8 nitrogen and oxygen atoms in total. The van der Waals surface area contributed by atoms with Gasteiger partial charge in [0.2, 0.25) is 5.95 Å². The van der Waals surface area contributed by atoms with E-state index < -0.39 is 12.0 Å². The molecule has 112 valence electrons. The number of methoxy groups -OCH3 is 1. The molecule has 0 saturated heterocycles. The number of ether oxygens (including phenoxy) is 1. The number of anilines is 1. The van der Waals surface area contributed by atoms with Crippen molar-refractivity contribution in [3.05, 3.63) is 35.7 Å². The number of nitrogens with zero attached hydrogens (tertiary/aromatic N) is 2. The topological polar surface area (TPSA) is 126 Å². The molecule has 21 heavy (non-hydrogen) atoms. The number of hydrogen-bond acceptors (Lipinski definition) is 6. The summed E-state index contributed by atoms with van der Waals surface area (Å²) in [4.78, 5) is 15.7. The van der Waals surface area contributed by atoms with Gasteiger partial charge in [0.25, 0.3) is 5.91 Å². The highest BCUT2D eigenvalue weighted by molar-refractivity contribution is 5.81. The van der Waals surface area contributed by atoms with Crippen molar-refractivity contribution in [3.63, 3.8) is 0 Å². The van der Waals surface area contributed by atoms with Gasteiger partial charge in [0, 0.05) is 13.0 Å². The summed E-state index contributed by atoms with van der Waals surface area (Å²) >= 11 is 0. The van der Waals surface area contributed by atoms with Crippen LogP contribution in [-0.4, -0.2) is 39.8 Å². The molecule has 1 aromatic carbocycles. The third-order valence-corrected chi connectivity index (χ3v) is 2.89. The highest BCUT2D eigenvalue weighted by atomic mass is 16.5. The Morgan fingerprint density at radius 1 is 1.48 bits per heavy atom. The first-order valence-electron chi connectivity index (χ1n) is 6.36. The smallest absolute Gasteiger partial charge is 0.253 e. The summed E-state index contributed by atoms with van der Waals surface area (Å²) in [7, 11) is 1.55. The summed E-state index contributed by atoms with van der Waals surface area (Å²) in [6, 6.07) is 6.65. The number of benzene rings is 1. The van der Waals surface area contributed by atoms with Crippen LogP contribution in [0.2, 0.25) is 0 Å². The molecule has 0 bridgehead atoms. The fraction of sp³-hybridized carbons (Fsp3) is 0.308. The molecule has 0 aliphatic rings. The van der Waals surface area contributed by atoms with Crippen LogP contribution in [0.25, 0.3) is 0 Å². The number of carbonyl (C=O) groups is 1. The van der Waals surface area contributed by atoms with Crippen LogP contribution in [0.4, 0.5) is 5.95 Å². The van der Waals surface area contributed by atoms with E-state index >= 15 is 0 Å². The minimum atomic E-state index is -1.23. The fourth-order valence-corrected chi connectivity index (χ4v) is 1.76. The molecule has 0 fully saturated rings. The number of nitrogen functional groups attached to an aromatic ring is 1. The SMILES string of the molecule is COc1ccc([C@@H](O)C(=O)NCCc2nc(N)n[nH]2)cc1. The molecule has 1 heterocycles. The number of hydrogen-bond donors (Lipinski definition) is 4. The standard InChI is InChI=1S/C13H17N5O3/c1-21-9-4-2-8(3-5-9)11(19)12(20)15-7-6-10-16-13(14)18-17-10/h2-5,11,19H,6-7H2,1H3,(H,15,20)(H3,14,16,17,18)/t11-/m1/s1. The number of aliphatic hydroxyl groups excluding tert-OH is 1. The van der Waals surface area contributed by atoms with Crippen LogP contribution < -0.4 is 15.8 Å². The number of carbonyl (C=O) groups excluding carboxylic acids is 1. The summed E-state index contributed by atoms with van der Waals surface area (Å²) < 4.78 is 5.02. The lowest BCUT2D eigenvalue weighted by Crippen LogP contribution is -2.31. The molecule has 0 saturated carbocycles. The number of aromatic amines is 1. The van der Waals surface area contributed by atoms with E-state index in [1.165, 1.54) is 0 Å². The lowest BCUT2D eigenvalue weighted by atomic mass is 10.1. The Labute approximate surface area is 121 Å². The predicted molar refractivity (Wildman–Crippen MR) is 75.5 cm³/mol. The summed E-state index contributed by atoms with van der Waals surface area (Å²) in [6.45, 7) is 0.320. The normalized spacial score (nSPS) is 11.9. The van der Waals surface area contributed by atoms with Crippen LogP contribution in [0.3, 0.4) is 0 Å². The van der Waals surface area contributed by atoms with Crippen molar-refractivity contribution >= 4 is 11.9 Å². The van der Waals surface area contributed by atoms with Crippen molar-refractivity contribution in [2.45, 2.75) is 12.5 Å². The molecule has 0 aliphatic heterocycles. The van der Waals surface area contributed by atoms with Crippen LogP contribution >= 0.6 is 0 Å². The van der Waals surface area contributed by atoms with Gasteiger partial charge in [-0.15, -0.1) is 5.10 Å². The second-order valence-electron chi connectivity index (χ2n) is 4.36. The molecular formula is C13H17N5O3. The Morgan fingerprint density at radius 3 is 2.76 bits per heavy atom. The van der Waals surface area contributed by atoms with Gasteiger partial charge in [-0.1, -0.05) is 12.1 Å². The summed E-state index contributed by atoms with van der Waals surface area (Å²) in [5.74, 6) is 0.920. The van der Waals surface area contributed by atoms with E-state index in [4.69, 9.17) is 10.5 Å². The van der Waals surface area contributed by atoms with E-state index in [1.807, 2.05) is 0 Å². The van der Waals surface area contributed by atoms with E-state index in [0.717, 1.165) is 0 Å². The molecule has 1 atom stereocenters. The van der Waals surface area contributed by atoms with Crippen molar-refractivity contribution in [2.75, 3.05) is 19.4 Å². The second kappa shape index (κ2) is 6.71. The molecule has 0 aliphatic carbocycles. The molecule has 2 aromatic rings. The van der Waals surface area contributed by atoms with E-state index in [1.54, 1.807) is 31.4 Å². The summed E-state index contributed by atoms with van der Waals surface area (Å²) in [6.07, 6.45) is -0.777. The Hall–Kier alpha value is -2.61. The second-order valence-corrected chi connectivity index (χ2v) is 4.36. The number of aromatic nitrogens is 3. The molecule has 0 unspecified atom stereocenters. The zero-order chi connectivity index (χ0) is 15.2. The third kappa shape index (κ3) is 3.93. The molecule has 0 spiro atoms. The predicted octanol–water partition coefficient (Wildman–Crippen LogP) is -0.212. The van der Waals surface area contributed by atoms with Crippen molar-refractivity contribution in [1.82, 2.24) is 20.5 Å². The van der Waals surface area contributed by atoms with Crippen LogP contribution in [0.15, 0.2) is 24.3 Å². The Morgan fingerprint density at radius 2 is 2.19 bits per heavy atom. The molecule has 2 rings (SSSR count). The number of amides is 1. The first-order chi connectivity index (χ1) is 10.1. The van der Waals surface area contributed by atoms with E-state index in [2.05, 4.69) is 20.5 Å². The molecule has 0 radical (unpaired) electrons. The quantitative estimate of drug-likeness (QED) is 0.583. The van der Waals surface area contributed by atoms with Gasteiger partial charge in [-0.3, -0.25) is 9.89 Å². The van der Waals surface area contributed by atoms with E-state index in [9.17, 15) is 9.90 Å². The lowest BCUT2D eigenvalue weighted by molar-refractivity contribution is -0.129. The zero-order valence-electron chi connectivity index (χ0n) is 11.5. The van der Waals surface area contributed by atoms with Crippen LogP contribution in [0, 0.1) is 0 Å². The molecule has 1 amide bonds. The van der Waals surface area contributed by atoms with Crippen LogP contribution in [-0.2, 0) is 11.2 Å². The molecule has 1 aromatic heterocycles. The third-order valence-electron chi connectivity index (χ3n) is 2.89. The maximum Gasteiger partial charge on any atom is 0.253 e. The Bertz CT molecular complexity index is 596. The van der Waals surface area contributed by atoms with Gasteiger partial charge >= 0.3 is 0 Å². The number of nitrogens with one attached hydrogen (secondary N) is 2. The number of H-pyrrole nitrogens is 1. The lowest BCUT2D eigenvalue weighted by Gasteiger charge is -2.11. The molecular weight excluding hydrogens is 274 g/mol. The number of nitrogens with two attached hydrogens (primary N) is 1. The summed E-state index contributed by atoms with van der Waals surface area (Å²) in [5.41, 5.74) is 5.86. The zero-order valence-corrected chi connectivity index (χ0v) is 11.5. The highest BCUT2D eigenvalue weighted by Crippen LogP contribution is 2.17. The Kier molecular flexibility index (Phi) is 4.72. The average Bonchev–Trinajstić information content (AvgIpc) is 2.92. The van der Waals surface area contributed by atoms with Crippen molar-refractivity contribution < 1.29 is 14.6 Å². The summed E-state index contributed by atoms with van der Waals surface area (Å²) in [5, 5.41) is 18.9. The van der Waals surface area contributed by atoms with Crippen molar-refractivity contribution in [3.8, 4) is 5.75 Å². The monoisotopic (exact) mass is 291 g/mol. The van der Waals surface area contributed by atoms with Gasteiger partial charge in [0.1, 0.15) is 11.6 Å². The van der Waals surface area contributed by atoms with Crippen molar-refractivity contribution in [2.24, 2.45) is 0 Å². The Balaban J connectivity index is 1.84. The minimum absolute atomic E-state index is 0.162. The number of rotatable bonds is 6. The maximum atomic E-state index is 11.8. The first-order valence-corrected chi connectivity index (χ1v) is 6.36. The van der Waals surface area contributed by atoms with E-state index in [-0.39, 0.29) is 5.95 Å². The van der Waals surface area contributed by atoms with Gasteiger partial charge in [0.05, 0.1) is 7.11 Å². The van der Waals surface area contributed by atoms with Crippen LogP contribution in [0.1, 0.15) is 17.5 Å². The first kappa shape index (κ1) is 14.8. The average molecular weight is 291 g/mol. The van der Waals surface area contributed by atoms with Gasteiger partial charge in [-0.2, -0.15) is 4.98 Å². The van der Waals surface area contributed by atoms with Gasteiger partial charge in [0.15, 0.2) is 6.10 Å². The highest BCUT2D eigenvalue weighted by Gasteiger charge is 2.16. The largest absolute Gasteiger partial charge is 0.497 e. The molecule has 5 N–H and O–H groups in total. The minimum Gasteiger partial charge on any atom is -0.497 e. The van der Waals surface area contributed by atoms with Gasteiger partial charge in [-0.05, 0) is 17.7 Å².